The van der Waals surface area contributed by atoms with Crippen molar-refractivity contribution in [3.05, 3.63) is 30.3 Å². The number of rotatable bonds is 6. The molecular formula is C12H19N6+. The maximum absolute atomic E-state index is 3.99. The minimum Gasteiger partial charge on any atom is -0.353 e. The molecule has 0 bridgehead atoms. The Hall–Kier alpha value is -1.95. The predicted octanol–water partition coefficient (Wildman–Crippen LogP) is -0.391. The molecule has 0 saturated heterocycles. The summed E-state index contributed by atoms with van der Waals surface area (Å²) >= 11 is 0. The Labute approximate surface area is 107 Å². The number of hydrogen-bond acceptors (Lipinski definition) is 4. The lowest BCUT2D eigenvalue weighted by atomic mass is 10.3. The van der Waals surface area contributed by atoms with Crippen LogP contribution < -0.4 is 10.2 Å². The van der Waals surface area contributed by atoms with Gasteiger partial charge in [-0.15, -0.1) is 0 Å². The highest BCUT2D eigenvalue weighted by atomic mass is 15.6. The zero-order valence-corrected chi connectivity index (χ0v) is 10.8. The van der Waals surface area contributed by atoms with Gasteiger partial charge in [-0.3, -0.25) is 0 Å². The molecule has 2 rings (SSSR count). The maximum Gasteiger partial charge on any atom is 0.247 e. The number of quaternary nitrogens is 1. The third kappa shape index (κ3) is 3.27. The Morgan fingerprint density at radius 2 is 2.00 bits per heavy atom. The van der Waals surface area contributed by atoms with Crippen molar-refractivity contribution < 1.29 is 4.90 Å². The molecule has 0 spiro atoms. The molecule has 0 aliphatic carbocycles. The summed E-state index contributed by atoms with van der Waals surface area (Å²) < 4.78 is 1.71. The van der Waals surface area contributed by atoms with Gasteiger partial charge in [0.1, 0.15) is 0 Å². The summed E-state index contributed by atoms with van der Waals surface area (Å²) in [6, 6.07) is 9.87. The van der Waals surface area contributed by atoms with Gasteiger partial charge in [-0.1, -0.05) is 23.3 Å². The van der Waals surface area contributed by atoms with E-state index in [0.29, 0.717) is 5.95 Å². The van der Waals surface area contributed by atoms with Crippen molar-refractivity contribution in [2.24, 2.45) is 0 Å². The topological polar surface area (TPSA) is 60.1 Å². The van der Waals surface area contributed by atoms with Crippen molar-refractivity contribution in [1.82, 2.24) is 20.2 Å². The molecular weight excluding hydrogens is 228 g/mol. The molecule has 6 heteroatoms. The standard InChI is InChI=1S/C12H18N6/c1-17(2)10-6-9-13-12-14-15-16-18(12)11-7-4-3-5-8-11/h3-5,7-8H,6,9-10H2,1-2H3,(H,13,14,16)/p+1. The number of benzene rings is 1. The Morgan fingerprint density at radius 3 is 2.72 bits per heavy atom. The highest BCUT2D eigenvalue weighted by Gasteiger charge is 2.06. The van der Waals surface area contributed by atoms with Gasteiger partial charge in [0.05, 0.1) is 26.3 Å². The van der Waals surface area contributed by atoms with Crippen molar-refractivity contribution in [2.45, 2.75) is 6.42 Å². The van der Waals surface area contributed by atoms with Gasteiger partial charge in [-0.2, -0.15) is 4.68 Å². The Kier molecular flexibility index (Phi) is 4.25. The molecule has 0 fully saturated rings. The van der Waals surface area contributed by atoms with Crippen molar-refractivity contribution >= 4 is 5.95 Å². The van der Waals surface area contributed by atoms with Gasteiger partial charge in [-0.25, -0.2) is 0 Å². The second-order valence-electron chi connectivity index (χ2n) is 4.49. The van der Waals surface area contributed by atoms with E-state index in [-0.39, 0.29) is 0 Å². The fourth-order valence-electron chi connectivity index (χ4n) is 1.68. The van der Waals surface area contributed by atoms with Gasteiger partial charge in [-0.05, 0) is 22.6 Å². The number of hydrogen-bond donors (Lipinski definition) is 2. The summed E-state index contributed by atoms with van der Waals surface area (Å²) in [7, 11) is 4.29. The van der Waals surface area contributed by atoms with Crippen LogP contribution in [0.4, 0.5) is 5.95 Å². The summed E-state index contributed by atoms with van der Waals surface area (Å²) in [6.07, 6.45) is 1.09. The molecule has 0 atom stereocenters. The molecule has 1 aromatic carbocycles. The summed E-state index contributed by atoms with van der Waals surface area (Å²) in [4.78, 5) is 1.44. The molecule has 0 amide bonds. The quantitative estimate of drug-likeness (QED) is 0.683. The van der Waals surface area contributed by atoms with Gasteiger partial charge < -0.3 is 10.2 Å². The van der Waals surface area contributed by atoms with Crippen LogP contribution in [0.3, 0.4) is 0 Å². The molecule has 0 saturated carbocycles. The lowest BCUT2D eigenvalue weighted by Gasteiger charge is -2.08. The predicted molar refractivity (Wildman–Crippen MR) is 69.9 cm³/mol. The third-order valence-corrected chi connectivity index (χ3v) is 2.61. The van der Waals surface area contributed by atoms with Gasteiger partial charge in [0, 0.05) is 13.0 Å². The SMILES string of the molecule is C[NH+](C)CCCNc1nnnn1-c1ccccc1. The van der Waals surface area contributed by atoms with E-state index in [1.807, 2.05) is 30.3 Å². The van der Waals surface area contributed by atoms with Gasteiger partial charge in [0.2, 0.25) is 5.95 Å². The van der Waals surface area contributed by atoms with Gasteiger partial charge in [0.25, 0.3) is 0 Å². The van der Waals surface area contributed by atoms with Crippen LogP contribution in [-0.4, -0.2) is 47.4 Å². The molecule has 96 valence electrons. The van der Waals surface area contributed by atoms with E-state index in [4.69, 9.17) is 0 Å². The van der Waals surface area contributed by atoms with Crippen molar-refractivity contribution in [2.75, 3.05) is 32.5 Å². The molecule has 0 aliphatic rings. The second kappa shape index (κ2) is 6.11. The Bertz CT molecular complexity index is 464. The number of anilines is 1. The van der Waals surface area contributed by atoms with Crippen LogP contribution in [-0.2, 0) is 0 Å². The second-order valence-corrected chi connectivity index (χ2v) is 4.49. The Morgan fingerprint density at radius 1 is 1.22 bits per heavy atom. The first-order valence-electron chi connectivity index (χ1n) is 6.14. The number of nitrogens with one attached hydrogen (secondary N) is 2. The molecule has 18 heavy (non-hydrogen) atoms. The fourth-order valence-corrected chi connectivity index (χ4v) is 1.68. The molecule has 1 aromatic heterocycles. The van der Waals surface area contributed by atoms with Crippen LogP contribution in [0.15, 0.2) is 30.3 Å². The molecule has 2 N–H and O–H groups in total. The smallest absolute Gasteiger partial charge is 0.247 e. The minimum absolute atomic E-state index is 0.690. The van der Waals surface area contributed by atoms with Crippen LogP contribution in [0.25, 0.3) is 5.69 Å². The lowest BCUT2D eigenvalue weighted by molar-refractivity contribution is -0.858. The van der Waals surface area contributed by atoms with Gasteiger partial charge >= 0.3 is 0 Å². The number of para-hydroxylation sites is 1. The summed E-state index contributed by atoms with van der Waals surface area (Å²) in [5.41, 5.74) is 0.961. The lowest BCUT2D eigenvalue weighted by Crippen LogP contribution is -3.05. The molecule has 0 aliphatic heterocycles. The first-order chi connectivity index (χ1) is 8.77. The Balaban J connectivity index is 1.96. The highest BCUT2D eigenvalue weighted by Crippen LogP contribution is 2.09. The monoisotopic (exact) mass is 247 g/mol. The van der Waals surface area contributed by atoms with Crippen LogP contribution in [0.2, 0.25) is 0 Å². The average molecular weight is 247 g/mol. The fraction of sp³-hybridized carbons (Fsp3) is 0.417. The summed E-state index contributed by atoms with van der Waals surface area (Å²) in [5.74, 6) is 0.690. The van der Waals surface area contributed by atoms with E-state index in [0.717, 1.165) is 25.2 Å². The molecule has 0 radical (unpaired) electrons. The molecule has 1 heterocycles. The first-order valence-corrected chi connectivity index (χ1v) is 6.14. The van der Waals surface area contributed by atoms with Crippen molar-refractivity contribution in [3.8, 4) is 5.69 Å². The number of aromatic nitrogens is 4. The zero-order chi connectivity index (χ0) is 12.8. The maximum atomic E-state index is 3.99. The average Bonchev–Trinajstić information content (AvgIpc) is 2.84. The normalized spacial score (nSPS) is 10.8. The minimum atomic E-state index is 0.690. The van der Waals surface area contributed by atoms with Crippen LogP contribution in [0, 0.1) is 0 Å². The van der Waals surface area contributed by atoms with E-state index >= 15 is 0 Å². The first kappa shape index (κ1) is 12.5. The molecule has 6 nitrogen and oxygen atoms in total. The van der Waals surface area contributed by atoms with Crippen molar-refractivity contribution in [1.29, 1.82) is 0 Å². The number of tetrazole rings is 1. The van der Waals surface area contributed by atoms with E-state index in [1.165, 1.54) is 4.90 Å². The van der Waals surface area contributed by atoms with Crippen LogP contribution in [0.1, 0.15) is 6.42 Å². The van der Waals surface area contributed by atoms with Crippen LogP contribution in [0.5, 0.6) is 0 Å². The summed E-state index contributed by atoms with van der Waals surface area (Å²) in [6.45, 7) is 2.00. The molecule has 0 unspecified atom stereocenters. The third-order valence-electron chi connectivity index (χ3n) is 2.61. The van der Waals surface area contributed by atoms with E-state index < -0.39 is 0 Å². The summed E-state index contributed by atoms with van der Waals surface area (Å²) in [5, 5.41) is 14.9. The van der Waals surface area contributed by atoms with Crippen molar-refractivity contribution in [3.63, 3.8) is 0 Å². The highest BCUT2D eigenvalue weighted by molar-refractivity contribution is 5.38. The zero-order valence-electron chi connectivity index (χ0n) is 10.8. The molecule has 2 aromatic rings. The number of nitrogens with zero attached hydrogens (tertiary/aromatic N) is 4. The van der Waals surface area contributed by atoms with E-state index in [1.54, 1.807) is 4.68 Å². The van der Waals surface area contributed by atoms with Crippen LogP contribution >= 0.6 is 0 Å². The van der Waals surface area contributed by atoms with E-state index in [2.05, 4.69) is 34.9 Å². The largest absolute Gasteiger partial charge is 0.353 e. The van der Waals surface area contributed by atoms with Gasteiger partial charge in [0.15, 0.2) is 0 Å². The van der Waals surface area contributed by atoms with E-state index in [9.17, 15) is 0 Å².